The smallest absolute Gasteiger partial charge is 0.300 e. The summed E-state index contributed by atoms with van der Waals surface area (Å²) in [7, 11) is -3.34. The molecule has 0 aliphatic rings. The van der Waals surface area contributed by atoms with Gasteiger partial charge in [0.15, 0.2) is 18.1 Å². The molecular weight excluding hydrogens is 272 g/mol. The van der Waals surface area contributed by atoms with E-state index in [0.717, 1.165) is 0 Å². The van der Waals surface area contributed by atoms with Crippen LogP contribution < -0.4 is 0 Å². The normalized spacial score (nSPS) is 13.0. The minimum Gasteiger partial charge on any atom is -0.441 e. The molecule has 0 bridgehead atoms. The summed E-state index contributed by atoms with van der Waals surface area (Å²) >= 11 is 0. The first-order valence-corrected chi connectivity index (χ1v) is 13.6. The maximum atomic E-state index is 6.45. The highest BCUT2D eigenvalue weighted by atomic mass is 28.4. The van der Waals surface area contributed by atoms with E-state index in [4.69, 9.17) is 8.23 Å². The van der Waals surface area contributed by atoms with Crippen LogP contribution in [0.5, 0.6) is 0 Å². The van der Waals surface area contributed by atoms with Crippen LogP contribution in [0.1, 0.15) is 48.5 Å². The summed E-state index contributed by atoms with van der Waals surface area (Å²) in [5, 5.41) is 0. The molecule has 0 aromatic rings. The highest BCUT2D eigenvalue weighted by Gasteiger charge is 2.27. The van der Waals surface area contributed by atoms with Gasteiger partial charge in [-0.15, -0.1) is 0 Å². The summed E-state index contributed by atoms with van der Waals surface area (Å²) in [6, 6.07) is 6.16. The molecule has 0 heterocycles. The van der Waals surface area contributed by atoms with E-state index < -0.39 is 27.4 Å². The van der Waals surface area contributed by atoms with Crippen LogP contribution in [0.2, 0.25) is 30.2 Å². The molecule has 0 spiro atoms. The highest BCUT2D eigenvalue weighted by molar-refractivity contribution is 6.69. The first-order chi connectivity index (χ1) is 8.36. The lowest BCUT2D eigenvalue weighted by molar-refractivity contribution is 0.371. The van der Waals surface area contributed by atoms with Crippen molar-refractivity contribution in [3.05, 3.63) is 0 Å². The van der Waals surface area contributed by atoms with Gasteiger partial charge in [-0.1, -0.05) is 48.5 Å². The largest absolute Gasteiger partial charge is 0.441 e. The van der Waals surface area contributed by atoms with E-state index in [0.29, 0.717) is 5.41 Å². The molecular formula is C13H34O2Si3. The molecule has 0 aliphatic heterocycles. The first-order valence-electron chi connectivity index (χ1n) is 7.67. The minimum atomic E-state index is -1.42. The van der Waals surface area contributed by atoms with E-state index in [1.54, 1.807) is 0 Å². The second-order valence-corrected chi connectivity index (χ2v) is 15.5. The number of hydrogen-bond donors (Lipinski definition) is 0. The van der Waals surface area contributed by atoms with Gasteiger partial charge >= 0.3 is 9.28 Å². The van der Waals surface area contributed by atoms with Crippen molar-refractivity contribution in [1.82, 2.24) is 0 Å². The van der Waals surface area contributed by atoms with Crippen molar-refractivity contribution >= 4 is 27.4 Å². The maximum absolute atomic E-state index is 6.45. The Bertz CT molecular complexity index is 185. The van der Waals surface area contributed by atoms with E-state index in [-0.39, 0.29) is 0 Å². The third-order valence-corrected chi connectivity index (χ3v) is 14.0. The molecule has 0 aliphatic carbocycles. The molecule has 0 aromatic heterocycles. The van der Waals surface area contributed by atoms with Crippen molar-refractivity contribution in [1.29, 1.82) is 0 Å². The van der Waals surface area contributed by atoms with Crippen LogP contribution in [-0.4, -0.2) is 27.4 Å². The average Bonchev–Trinajstić information content (AvgIpc) is 2.30. The van der Waals surface area contributed by atoms with Crippen molar-refractivity contribution < 1.29 is 8.23 Å². The molecule has 18 heavy (non-hydrogen) atoms. The Labute approximate surface area is 120 Å². The third-order valence-electron chi connectivity index (χ3n) is 3.29. The molecule has 5 heteroatoms. The van der Waals surface area contributed by atoms with E-state index in [1.165, 1.54) is 30.2 Å². The zero-order valence-electron chi connectivity index (χ0n) is 13.6. The highest BCUT2D eigenvalue weighted by Crippen LogP contribution is 2.24. The topological polar surface area (TPSA) is 18.5 Å². The summed E-state index contributed by atoms with van der Waals surface area (Å²) < 4.78 is 12.9. The van der Waals surface area contributed by atoms with Gasteiger partial charge in [0.2, 0.25) is 0 Å². The van der Waals surface area contributed by atoms with Crippen LogP contribution in [0.3, 0.4) is 0 Å². The first kappa shape index (κ1) is 18.6. The Morgan fingerprint density at radius 3 is 1.28 bits per heavy atom. The Morgan fingerprint density at radius 2 is 1.06 bits per heavy atom. The van der Waals surface area contributed by atoms with Crippen molar-refractivity contribution in [3.63, 3.8) is 0 Å². The fraction of sp³-hybridized carbons (Fsp3) is 1.00. The van der Waals surface area contributed by atoms with Crippen LogP contribution >= 0.6 is 0 Å². The molecule has 0 N–H and O–H groups in total. The van der Waals surface area contributed by atoms with E-state index >= 15 is 0 Å². The van der Waals surface area contributed by atoms with Crippen LogP contribution in [0.4, 0.5) is 0 Å². The lowest BCUT2D eigenvalue weighted by Crippen LogP contribution is -2.38. The second kappa shape index (κ2) is 9.47. The van der Waals surface area contributed by atoms with Gasteiger partial charge in [0, 0.05) is 0 Å². The van der Waals surface area contributed by atoms with Gasteiger partial charge in [0.25, 0.3) is 0 Å². The minimum absolute atomic E-state index is 0.345. The van der Waals surface area contributed by atoms with Crippen molar-refractivity contribution in [2.45, 2.75) is 78.7 Å². The SMILES string of the molecule is CC[SiH](CC)O[SiH](CC(C)(C)C)O[SiH](CC)CC. The van der Waals surface area contributed by atoms with Crippen molar-refractivity contribution in [3.8, 4) is 0 Å². The maximum Gasteiger partial charge on any atom is 0.300 e. The third kappa shape index (κ3) is 8.63. The summed E-state index contributed by atoms with van der Waals surface area (Å²) in [6.45, 7) is 16.0. The fourth-order valence-electron chi connectivity index (χ4n) is 2.02. The van der Waals surface area contributed by atoms with Gasteiger partial charge in [-0.25, -0.2) is 0 Å². The van der Waals surface area contributed by atoms with Gasteiger partial charge in [0.05, 0.1) is 0 Å². The molecule has 0 amide bonds. The van der Waals surface area contributed by atoms with Crippen LogP contribution in [0.15, 0.2) is 0 Å². The molecule has 0 rings (SSSR count). The van der Waals surface area contributed by atoms with E-state index in [9.17, 15) is 0 Å². The zero-order chi connectivity index (χ0) is 14.2. The molecule has 0 unspecified atom stereocenters. The molecule has 110 valence electrons. The quantitative estimate of drug-likeness (QED) is 0.603. The predicted molar refractivity (Wildman–Crippen MR) is 89.8 cm³/mol. The number of hydrogen-bond acceptors (Lipinski definition) is 2. The molecule has 0 radical (unpaired) electrons. The number of rotatable bonds is 9. The summed E-state index contributed by atoms with van der Waals surface area (Å²) in [6.07, 6.45) is 0. The lowest BCUT2D eigenvalue weighted by Gasteiger charge is -2.30. The van der Waals surface area contributed by atoms with Gasteiger partial charge in [-0.2, -0.15) is 0 Å². The fourth-order valence-corrected chi connectivity index (χ4v) is 12.3. The Balaban J connectivity index is 4.50. The molecule has 0 saturated carbocycles. The average molecular weight is 307 g/mol. The van der Waals surface area contributed by atoms with Crippen molar-refractivity contribution in [2.75, 3.05) is 0 Å². The lowest BCUT2D eigenvalue weighted by atomic mass is 10.0. The Morgan fingerprint density at radius 1 is 0.722 bits per heavy atom. The van der Waals surface area contributed by atoms with Gasteiger partial charge < -0.3 is 8.23 Å². The van der Waals surface area contributed by atoms with Crippen LogP contribution in [0, 0.1) is 5.41 Å². The Hall–Kier alpha value is 0.571. The Kier molecular flexibility index (Phi) is 9.77. The second-order valence-electron chi connectivity index (χ2n) is 6.34. The van der Waals surface area contributed by atoms with Gasteiger partial charge in [-0.3, -0.25) is 0 Å². The summed E-state index contributed by atoms with van der Waals surface area (Å²) in [5.74, 6) is 0. The van der Waals surface area contributed by atoms with Crippen molar-refractivity contribution in [2.24, 2.45) is 5.41 Å². The predicted octanol–water partition coefficient (Wildman–Crippen LogP) is 3.81. The van der Waals surface area contributed by atoms with Crippen LogP contribution in [0.25, 0.3) is 0 Å². The monoisotopic (exact) mass is 306 g/mol. The van der Waals surface area contributed by atoms with Crippen LogP contribution in [-0.2, 0) is 8.23 Å². The van der Waals surface area contributed by atoms with Gasteiger partial charge in [-0.05, 0) is 35.6 Å². The summed E-state index contributed by atoms with van der Waals surface area (Å²) in [4.78, 5) is 0. The summed E-state index contributed by atoms with van der Waals surface area (Å²) in [5.41, 5.74) is 0.345. The standard InChI is InChI=1S/C13H34O2Si3/c1-8-16(9-2)14-18(12-13(5,6)7)15-17(10-3)11-4/h16-18H,8-12H2,1-7H3. The van der Waals surface area contributed by atoms with E-state index in [2.05, 4.69) is 48.5 Å². The molecule has 0 fully saturated rings. The van der Waals surface area contributed by atoms with E-state index in [1.807, 2.05) is 0 Å². The molecule has 2 nitrogen and oxygen atoms in total. The molecule has 0 aromatic carbocycles. The molecule has 0 atom stereocenters. The van der Waals surface area contributed by atoms with Gasteiger partial charge in [0.1, 0.15) is 0 Å². The molecule has 0 saturated heterocycles. The zero-order valence-corrected chi connectivity index (χ0v) is 17.0.